The van der Waals surface area contributed by atoms with Gasteiger partial charge in [-0.1, -0.05) is 12.2 Å². The average Bonchev–Trinajstić information content (AvgIpc) is 3.05. The fourth-order valence-electron chi connectivity index (χ4n) is 3.38. The standard InChI is InChI=1S/C23H30FN3O4/c1-6-8-18(26-22(30)31-23(3,4)5)15-12-16(24)14-17(13-15)27-19(9-10-20(27)28)21(29)25-11-7-2/h6-7,12-14,18-19H,1-2,8-11H2,3-5H3,(H,25,29)(H,26,30)/t18-,19+/m0/s1. The van der Waals surface area contributed by atoms with E-state index in [0.717, 1.165) is 0 Å². The van der Waals surface area contributed by atoms with Crippen LogP contribution in [0.5, 0.6) is 0 Å². The van der Waals surface area contributed by atoms with Gasteiger partial charge in [0.2, 0.25) is 11.8 Å². The molecule has 0 radical (unpaired) electrons. The monoisotopic (exact) mass is 431 g/mol. The highest BCUT2D eigenvalue weighted by Crippen LogP contribution is 2.31. The molecule has 0 spiro atoms. The molecule has 0 bridgehead atoms. The minimum atomic E-state index is -0.737. The van der Waals surface area contributed by atoms with E-state index >= 15 is 0 Å². The zero-order valence-corrected chi connectivity index (χ0v) is 18.2. The van der Waals surface area contributed by atoms with Crippen molar-refractivity contribution in [2.75, 3.05) is 11.4 Å². The minimum absolute atomic E-state index is 0.185. The molecule has 2 N–H and O–H groups in total. The predicted octanol–water partition coefficient (Wildman–Crippen LogP) is 3.77. The Balaban J connectivity index is 2.34. The number of carbonyl (C=O) groups is 3. The summed E-state index contributed by atoms with van der Waals surface area (Å²) in [5, 5.41) is 5.40. The normalized spacial score (nSPS) is 17.1. The van der Waals surface area contributed by atoms with Crippen molar-refractivity contribution < 1.29 is 23.5 Å². The number of nitrogens with zero attached hydrogens (tertiary/aromatic N) is 1. The molecule has 0 aromatic heterocycles. The number of carbonyl (C=O) groups excluding carboxylic acids is 3. The number of nitrogens with one attached hydrogen (secondary N) is 2. The second-order valence-corrected chi connectivity index (χ2v) is 8.32. The topological polar surface area (TPSA) is 87.7 Å². The Bertz CT molecular complexity index is 863. The van der Waals surface area contributed by atoms with Crippen LogP contribution in [0.15, 0.2) is 43.5 Å². The number of halogens is 1. The molecule has 0 unspecified atom stereocenters. The molecule has 7 nitrogen and oxygen atoms in total. The highest BCUT2D eigenvalue weighted by molar-refractivity contribution is 6.03. The summed E-state index contributed by atoms with van der Waals surface area (Å²) in [5.41, 5.74) is 0.00573. The number of hydrogen-bond donors (Lipinski definition) is 2. The van der Waals surface area contributed by atoms with Gasteiger partial charge in [-0.05, 0) is 57.4 Å². The van der Waals surface area contributed by atoms with Crippen LogP contribution in [0.25, 0.3) is 0 Å². The van der Waals surface area contributed by atoms with Crippen molar-refractivity contribution in [1.29, 1.82) is 0 Å². The van der Waals surface area contributed by atoms with E-state index in [4.69, 9.17) is 4.74 Å². The van der Waals surface area contributed by atoms with E-state index in [1.165, 1.54) is 17.0 Å². The number of anilines is 1. The van der Waals surface area contributed by atoms with Gasteiger partial charge < -0.3 is 15.4 Å². The molecule has 3 amide bonds. The van der Waals surface area contributed by atoms with Gasteiger partial charge >= 0.3 is 6.09 Å². The largest absolute Gasteiger partial charge is 0.444 e. The first kappa shape index (κ1) is 24.1. The van der Waals surface area contributed by atoms with E-state index in [9.17, 15) is 18.8 Å². The maximum Gasteiger partial charge on any atom is 0.408 e. The zero-order valence-electron chi connectivity index (χ0n) is 18.2. The second kappa shape index (κ2) is 10.2. The van der Waals surface area contributed by atoms with Gasteiger partial charge in [0.15, 0.2) is 0 Å². The van der Waals surface area contributed by atoms with E-state index in [0.29, 0.717) is 18.4 Å². The number of ether oxygens (including phenoxy) is 1. The van der Waals surface area contributed by atoms with E-state index in [2.05, 4.69) is 23.8 Å². The first-order valence-electron chi connectivity index (χ1n) is 10.2. The molecular weight excluding hydrogens is 401 g/mol. The first-order chi connectivity index (χ1) is 14.6. The second-order valence-electron chi connectivity index (χ2n) is 8.32. The minimum Gasteiger partial charge on any atom is -0.444 e. The molecule has 8 heteroatoms. The van der Waals surface area contributed by atoms with Gasteiger partial charge in [0.25, 0.3) is 0 Å². The van der Waals surface area contributed by atoms with Gasteiger partial charge in [-0.3, -0.25) is 14.5 Å². The molecule has 0 aliphatic carbocycles. The van der Waals surface area contributed by atoms with Crippen LogP contribution in [0.2, 0.25) is 0 Å². The molecule has 1 aliphatic heterocycles. The van der Waals surface area contributed by atoms with Crippen molar-refractivity contribution in [2.45, 2.75) is 57.7 Å². The van der Waals surface area contributed by atoms with Crippen LogP contribution in [-0.2, 0) is 14.3 Å². The third-order valence-corrected chi connectivity index (χ3v) is 4.61. The summed E-state index contributed by atoms with van der Waals surface area (Å²) in [6.45, 7) is 12.8. The fraction of sp³-hybridized carbons (Fsp3) is 0.435. The lowest BCUT2D eigenvalue weighted by Crippen LogP contribution is -2.45. The van der Waals surface area contributed by atoms with Gasteiger partial charge in [0.1, 0.15) is 17.5 Å². The number of amides is 3. The summed E-state index contributed by atoms with van der Waals surface area (Å²) < 4.78 is 19.8. The van der Waals surface area contributed by atoms with Crippen LogP contribution in [0.4, 0.5) is 14.9 Å². The summed E-state index contributed by atoms with van der Waals surface area (Å²) in [6, 6.07) is 2.73. The molecule has 2 atom stereocenters. The Labute approximate surface area is 182 Å². The van der Waals surface area contributed by atoms with Gasteiger partial charge in [0.05, 0.1) is 6.04 Å². The first-order valence-corrected chi connectivity index (χ1v) is 10.2. The Hall–Kier alpha value is -3.16. The lowest BCUT2D eigenvalue weighted by molar-refractivity contribution is -0.123. The molecule has 31 heavy (non-hydrogen) atoms. The Kier molecular flexibility index (Phi) is 7.96. The predicted molar refractivity (Wildman–Crippen MR) is 117 cm³/mol. The van der Waals surface area contributed by atoms with Crippen molar-refractivity contribution in [3.05, 3.63) is 54.9 Å². The van der Waals surface area contributed by atoms with Crippen molar-refractivity contribution >= 4 is 23.6 Å². The maximum absolute atomic E-state index is 14.5. The summed E-state index contributed by atoms with van der Waals surface area (Å²) in [5.74, 6) is -1.18. The maximum atomic E-state index is 14.5. The molecule has 168 valence electrons. The van der Waals surface area contributed by atoms with Gasteiger partial charge in [-0.15, -0.1) is 13.2 Å². The van der Waals surface area contributed by atoms with Gasteiger partial charge in [-0.25, -0.2) is 9.18 Å². The summed E-state index contributed by atoms with van der Waals surface area (Å²) in [4.78, 5) is 38.6. The van der Waals surface area contributed by atoms with Crippen molar-refractivity contribution in [2.24, 2.45) is 0 Å². The third kappa shape index (κ3) is 6.67. The third-order valence-electron chi connectivity index (χ3n) is 4.61. The number of alkyl carbamates (subject to hydrolysis) is 1. The molecule has 1 aliphatic rings. The Morgan fingerprint density at radius 2 is 2.00 bits per heavy atom. The van der Waals surface area contributed by atoms with E-state index in [1.54, 1.807) is 39.0 Å². The summed E-state index contributed by atoms with van der Waals surface area (Å²) in [6.07, 6.45) is 3.33. The average molecular weight is 432 g/mol. The SMILES string of the molecule is C=CCNC(=O)[C@H]1CCC(=O)N1c1cc(F)cc([C@H](CC=C)NC(=O)OC(C)(C)C)c1. The van der Waals surface area contributed by atoms with Crippen molar-refractivity contribution in [3.63, 3.8) is 0 Å². The number of hydrogen-bond acceptors (Lipinski definition) is 4. The van der Waals surface area contributed by atoms with Crippen LogP contribution in [0.1, 0.15) is 51.6 Å². The fourth-order valence-corrected chi connectivity index (χ4v) is 3.38. The smallest absolute Gasteiger partial charge is 0.408 e. The molecule has 1 heterocycles. The molecule has 1 fully saturated rings. The molecule has 1 aromatic rings. The van der Waals surface area contributed by atoms with E-state index in [1.807, 2.05) is 0 Å². The molecule has 1 aromatic carbocycles. The van der Waals surface area contributed by atoms with Gasteiger partial charge in [-0.2, -0.15) is 0 Å². The summed E-state index contributed by atoms with van der Waals surface area (Å²) >= 11 is 0. The summed E-state index contributed by atoms with van der Waals surface area (Å²) in [7, 11) is 0. The van der Waals surface area contributed by atoms with Crippen LogP contribution in [0.3, 0.4) is 0 Å². The van der Waals surface area contributed by atoms with Crippen molar-refractivity contribution in [3.8, 4) is 0 Å². The lowest BCUT2D eigenvalue weighted by atomic mass is 10.0. The Morgan fingerprint density at radius 1 is 1.29 bits per heavy atom. The van der Waals surface area contributed by atoms with E-state index in [-0.39, 0.29) is 30.5 Å². The van der Waals surface area contributed by atoms with Crippen LogP contribution < -0.4 is 15.5 Å². The molecule has 1 saturated heterocycles. The van der Waals surface area contributed by atoms with Gasteiger partial charge in [0, 0.05) is 18.7 Å². The van der Waals surface area contributed by atoms with Crippen LogP contribution >= 0.6 is 0 Å². The quantitative estimate of drug-likeness (QED) is 0.614. The molecule has 2 rings (SSSR count). The lowest BCUT2D eigenvalue weighted by Gasteiger charge is -2.27. The van der Waals surface area contributed by atoms with Crippen molar-refractivity contribution in [1.82, 2.24) is 10.6 Å². The number of benzene rings is 1. The Morgan fingerprint density at radius 3 is 2.61 bits per heavy atom. The molecular formula is C23H30FN3O4. The highest BCUT2D eigenvalue weighted by Gasteiger charge is 2.37. The molecule has 0 saturated carbocycles. The number of rotatable bonds is 8. The highest BCUT2D eigenvalue weighted by atomic mass is 19.1. The van der Waals surface area contributed by atoms with Crippen LogP contribution in [0, 0.1) is 5.82 Å². The van der Waals surface area contributed by atoms with E-state index < -0.39 is 29.6 Å². The van der Waals surface area contributed by atoms with Crippen LogP contribution in [-0.4, -0.2) is 36.1 Å². The zero-order chi connectivity index (χ0) is 23.2.